The number of benzene rings is 2. The van der Waals surface area contributed by atoms with Gasteiger partial charge in [0.2, 0.25) is 0 Å². The zero-order valence-corrected chi connectivity index (χ0v) is 7.35. The predicted octanol–water partition coefficient (Wildman–Crippen LogP) is 3.47. The summed E-state index contributed by atoms with van der Waals surface area (Å²) >= 11 is 0. The summed E-state index contributed by atoms with van der Waals surface area (Å²) < 4.78 is 77.3. The summed E-state index contributed by atoms with van der Waals surface area (Å²) in [7, 11) is 0. The summed E-state index contributed by atoms with van der Waals surface area (Å²) in [6.45, 7) is 0. The molecule has 83 valence electrons. The van der Waals surface area contributed by atoms with Gasteiger partial charge >= 0.3 is 0 Å². The average molecular weight is 235 g/mol. The number of hydrogen-bond acceptors (Lipinski definition) is 0. The molecule has 0 aliphatic rings. The Hall–Kier alpha value is -1.72. The Balaban J connectivity index is 3.09. The summed E-state index contributed by atoms with van der Waals surface area (Å²) in [4.78, 5) is 0. The lowest BCUT2D eigenvalue weighted by molar-refractivity contribution is 0.414. The predicted molar refractivity (Wildman–Crippen MR) is 42.5 cm³/mol. The molecule has 2 aromatic rings. The van der Waals surface area contributed by atoms with Crippen LogP contribution in [0.4, 0.5) is 26.3 Å². The van der Waals surface area contributed by atoms with Gasteiger partial charge in [-0.3, -0.25) is 0 Å². The van der Waals surface area contributed by atoms with E-state index >= 15 is 0 Å². The second-order valence-corrected chi connectivity index (χ2v) is 2.96. The van der Waals surface area contributed by atoms with Gasteiger partial charge in [0.25, 0.3) is 0 Å². The molecular formula is C10HF6. The molecule has 0 saturated heterocycles. The molecule has 16 heavy (non-hydrogen) atoms. The number of fused-ring (bicyclic) bond motifs is 1. The van der Waals surface area contributed by atoms with E-state index < -0.39 is 45.7 Å². The van der Waals surface area contributed by atoms with Crippen LogP contribution in [0.15, 0.2) is 6.07 Å². The van der Waals surface area contributed by atoms with Gasteiger partial charge in [-0.05, 0) is 12.1 Å². The molecule has 0 spiro atoms. The van der Waals surface area contributed by atoms with Crippen molar-refractivity contribution in [2.75, 3.05) is 0 Å². The van der Waals surface area contributed by atoms with Crippen molar-refractivity contribution >= 4 is 10.8 Å². The lowest BCUT2D eigenvalue weighted by Crippen LogP contribution is -2.01. The van der Waals surface area contributed by atoms with E-state index in [-0.39, 0.29) is 0 Å². The van der Waals surface area contributed by atoms with Gasteiger partial charge in [-0.1, -0.05) is 0 Å². The van der Waals surface area contributed by atoms with Gasteiger partial charge in [0.15, 0.2) is 34.9 Å². The zero-order chi connectivity index (χ0) is 12.0. The molecule has 0 heterocycles. The second-order valence-electron chi connectivity index (χ2n) is 2.96. The topological polar surface area (TPSA) is 0 Å². The highest BCUT2D eigenvalue weighted by atomic mass is 19.2. The number of hydrogen-bond donors (Lipinski definition) is 0. The standard InChI is InChI=1S/C10HF6/c11-4-2-1-3-5(7(4)13)8(14)10(16)9(15)6(3)12/h2H. The van der Waals surface area contributed by atoms with Crippen molar-refractivity contribution in [1.82, 2.24) is 0 Å². The zero-order valence-electron chi connectivity index (χ0n) is 7.35. The molecule has 0 unspecified atom stereocenters. The summed E-state index contributed by atoms with van der Waals surface area (Å²) in [6, 6.07) is 2.17. The smallest absolute Gasteiger partial charge is 0.198 e. The maximum Gasteiger partial charge on any atom is 0.198 e. The maximum atomic E-state index is 13.1. The molecule has 0 amide bonds. The van der Waals surface area contributed by atoms with E-state index in [9.17, 15) is 26.3 Å². The first-order chi connectivity index (χ1) is 7.45. The van der Waals surface area contributed by atoms with Crippen LogP contribution in [0.3, 0.4) is 0 Å². The Morgan fingerprint density at radius 1 is 0.688 bits per heavy atom. The monoisotopic (exact) mass is 235 g/mol. The van der Waals surface area contributed by atoms with Crippen LogP contribution in [0.25, 0.3) is 10.8 Å². The summed E-state index contributed by atoms with van der Waals surface area (Å²) in [6.07, 6.45) is 0. The van der Waals surface area contributed by atoms with Crippen molar-refractivity contribution in [1.29, 1.82) is 0 Å². The second kappa shape index (κ2) is 3.40. The van der Waals surface area contributed by atoms with Crippen molar-refractivity contribution in [3.8, 4) is 0 Å². The van der Waals surface area contributed by atoms with E-state index in [0.29, 0.717) is 6.07 Å². The maximum absolute atomic E-state index is 13.1. The third-order valence-corrected chi connectivity index (χ3v) is 2.04. The molecule has 1 radical (unpaired) electrons. The highest BCUT2D eigenvalue weighted by molar-refractivity contribution is 5.84. The van der Waals surface area contributed by atoms with Crippen LogP contribution in [0.2, 0.25) is 0 Å². The Morgan fingerprint density at radius 2 is 1.25 bits per heavy atom. The van der Waals surface area contributed by atoms with Crippen LogP contribution < -0.4 is 0 Å². The lowest BCUT2D eigenvalue weighted by Gasteiger charge is -2.05. The molecule has 0 bridgehead atoms. The minimum atomic E-state index is -2.19. The number of rotatable bonds is 0. The van der Waals surface area contributed by atoms with E-state index in [4.69, 9.17) is 0 Å². The van der Waals surface area contributed by atoms with Crippen molar-refractivity contribution < 1.29 is 26.3 Å². The normalized spacial score (nSPS) is 11.1. The third-order valence-electron chi connectivity index (χ3n) is 2.04. The van der Waals surface area contributed by atoms with Crippen LogP contribution in [0.1, 0.15) is 0 Å². The van der Waals surface area contributed by atoms with Gasteiger partial charge in [0, 0.05) is 5.39 Å². The van der Waals surface area contributed by atoms with E-state index in [0.717, 1.165) is 0 Å². The molecule has 2 rings (SSSR count). The molecule has 2 aromatic carbocycles. The molecule has 6 heteroatoms. The van der Waals surface area contributed by atoms with Crippen molar-refractivity contribution in [3.63, 3.8) is 0 Å². The SMILES string of the molecule is Fc1c[c]c2c(F)c(F)c(F)c(F)c2c1F. The Labute approximate surface area is 85.1 Å². The van der Waals surface area contributed by atoms with Crippen LogP contribution in [-0.4, -0.2) is 0 Å². The van der Waals surface area contributed by atoms with Crippen LogP contribution in [0, 0.1) is 41.0 Å². The molecule has 0 nitrogen and oxygen atoms in total. The highest BCUT2D eigenvalue weighted by Crippen LogP contribution is 2.29. The van der Waals surface area contributed by atoms with Crippen molar-refractivity contribution in [2.24, 2.45) is 0 Å². The minimum Gasteiger partial charge on any atom is -0.204 e. The Morgan fingerprint density at radius 3 is 1.88 bits per heavy atom. The summed E-state index contributed by atoms with van der Waals surface area (Å²) in [5, 5.41) is -2.27. The van der Waals surface area contributed by atoms with E-state index in [1.807, 2.05) is 0 Å². The molecule has 0 atom stereocenters. The fourth-order valence-corrected chi connectivity index (χ4v) is 1.29. The summed E-state index contributed by atoms with van der Waals surface area (Å²) in [5.41, 5.74) is 0. The Bertz CT molecular complexity index is 590. The third kappa shape index (κ3) is 1.26. The summed E-state index contributed by atoms with van der Waals surface area (Å²) in [5.74, 6) is -11.4. The van der Waals surface area contributed by atoms with Gasteiger partial charge in [0.1, 0.15) is 0 Å². The largest absolute Gasteiger partial charge is 0.204 e. The fourth-order valence-electron chi connectivity index (χ4n) is 1.29. The van der Waals surface area contributed by atoms with Gasteiger partial charge in [-0.25, -0.2) is 26.3 Å². The van der Waals surface area contributed by atoms with Crippen LogP contribution in [-0.2, 0) is 0 Å². The van der Waals surface area contributed by atoms with E-state index in [1.54, 1.807) is 6.07 Å². The van der Waals surface area contributed by atoms with Gasteiger partial charge < -0.3 is 0 Å². The van der Waals surface area contributed by atoms with Gasteiger partial charge in [-0.15, -0.1) is 0 Å². The van der Waals surface area contributed by atoms with Crippen molar-refractivity contribution in [3.05, 3.63) is 47.0 Å². The Kier molecular flexibility index (Phi) is 2.29. The molecule has 0 N–H and O–H groups in total. The molecule has 0 aromatic heterocycles. The molecule has 0 saturated carbocycles. The number of halogens is 6. The lowest BCUT2D eigenvalue weighted by atomic mass is 10.1. The quantitative estimate of drug-likeness (QED) is 0.372. The minimum absolute atomic E-state index is 0.373. The van der Waals surface area contributed by atoms with Gasteiger partial charge in [0.05, 0.1) is 5.39 Å². The van der Waals surface area contributed by atoms with Crippen molar-refractivity contribution in [2.45, 2.75) is 0 Å². The first-order valence-corrected chi connectivity index (χ1v) is 3.96. The molecular weight excluding hydrogens is 234 g/mol. The van der Waals surface area contributed by atoms with Crippen LogP contribution in [0.5, 0.6) is 0 Å². The van der Waals surface area contributed by atoms with Crippen LogP contribution >= 0.6 is 0 Å². The first kappa shape index (κ1) is 10.8. The fraction of sp³-hybridized carbons (Fsp3) is 0. The first-order valence-electron chi connectivity index (χ1n) is 3.96. The highest BCUT2D eigenvalue weighted by Gasteiger charge is 2.24. The van der Waals surface area contributed by atoms with Gasteiger partial charge in [-0.2, -0.15) is 0 Å². The molecule has 0 aliphatic carbocycles. The molecule has 0 aliphatic heterocycles. The molecule has 0 fully saturated rings. The van der Waals surface area contributed by atoms with E-state index in [2.05, 4.69) is 0 Å². The van der Waals surface area contributed by atoms with E-state index in [1.165, 1.54) is 0 Å². The average Bonchev–Trinajstić information content (AvgIpc) is 2.27.